The standard InChI is InChI=1S/2C11H16N2/c2*1-10-4-2-3-5-11(10)13-8-6-12-7-9-13/h2*2-5,12H,6-9H2,1H3. The molecular weight excluding hydrogens is 320 g/mol. The van der Waals surface area contributed by atoms with Crippen LogP contribution in [0.5, 0.6) is 0 Å². The second-order valence-corrected chi connectivity index (χ2v) is 7.05. The summed E-state index contributed by atoms with van der Waals surface area (Å²) in [4.78, 5) is 4.90. The van der Waals surface area contributed by atoms with Crippen molar-refractivity contribution in [3.05, 3.63) is 59.7 Å². The molecule has 140 valence electrons. The second-order valence-electron chi connectivity index (χ2n) is 7.05. The van der Waals surface area contributed by atoms with E-state index in [1.165, 1.54) is 22.5 Å². The van der Waals surface area contributed by atoms with E-state index in [4.69, 9.17) is 0 Å². The zero-order chi connectivity index (χ0) is 18.2. The van der Waals surface area contributed by atoms with Crippen molar-refractivity contribution < 1.29 is 0 Å². The van der Waals surface area contributed by atoms with E-state index in [0.29, 0.717) is 0 Å². The van der Waals surface area contributed by atoms with Gasteiger partial charge in [-0.05, 0) is 37.1 Å². The molecule has 26 heavy (non-hydrogen) atoms. The number of nitrogens with one attached hydrogen (secondary N) is 2. The Morgan fingerprint density at radius 3 is 1.27 bits per heavy atom. The van der Waals surface area contributed by atoms with Crippen molar-refractivity contribution in [2.45, 2.75) is 13.8 Å². The van der Waals surface area contributed by atoms with E-state index < -0.39 is 0 Å². The lowest BCUT2D eigenvalue weighted by molar-refractivity contribution is 0.588. The van der Waals surface area contributed by atoms with Crippen LogP contribution >= 0.6 is 0 Å². The van der Waals surface area contributed by atoms with Gasteiger partial charge in [-0.15, -0.1) is 0 Å². The van der Waals surface area contributed by atoms with Crippen molar-refractivity contribution in [2.75, 3.05) is 62.2 Å². The molecule has 0 spiro atoms. The number of hydrogen-bond acceptors (Lipinski definition) is 4. The Kier molecular flexibility index (Phi) is 6.92. The van der Waals surface area contributed by atoms with Crippen molar-refractivity contribution in [3.63, 3.8) is 0 Å². The van der Waals surface area contributed by atoms with Crippen LogP contribution in [0.4, 0.5) is 11.4 Å². The summed E-state index contributed by atoms with van der Waals surface area (Å²) in [5.74, 6) is 0. The van der Waals surface area contributed by atoms with Crippen molar-refractivity contribution >= 4 is 11.4 Å². The van der Waals surface area contributed by atoms with Crippen LogP contribution in [0.1, 0.15) is 11.1 Å². The molecule has 0 unspecified atom stereocenters. The van der Waals surface area contributed by atoms with Gasteiger partial charge in [-0.1, -0.05) is 36.4 Å². The molecule has 2 saturated heterocycles. The third-order valence-electron chi connectivity index (χ3n) is 5.15. The molecule has 2 heterocycles. The molecule has 0 aromatic heterocycles. The van der Waals surface area contributed by atoms with Crippen molar-refractivity contribution in [1.82, 2.24) is 10.6 Å². The molecule has 4 heteroatoms. The summed E-state index contributed by atoms with van der Waals surface area (Å²) < 4.78 is 0. The Bertz CT molecular complexity index is 614. The zero-order valence-electron chi connectivity index (χ0n) is 16.2. The van der Waals surface area contributed by atoms with Crippen molar-refractivity contribution in [2.24, 2.45) is 0 Å². The molecule has 4 rings (SSSR count). The Hall–Kier alpha value is -2.04. The quantitative estimate of drug-likeness (QED) is 0.870. The van der Waals surface area contributed by atoms with Crippen LogP contribution in [-0.2, 0) is 0 Å². The Morgan fingerprint density at radius 1 is 0.577 bits per heavy atom. The third kappa shape index (κ3) is 4.99. The molecule has 2 aromatic carbocycles. The summed E-state index contributed by atoms with van der Waals surface area (Å²) in [6.45, 7) is 13.3. The minimum atomic E-state index is 1.11. The molecule has 0 atom stereocenters. The molecule has 2 aromatic rings. The molecule has 2 aliphatic heterocycles. The number of rotatable bonds is 2. The number of anilines is 2. The lowest BCUT2D eigenvalue weighted by atomic mass is 10.1. The van der Waals surface area contributed by atoms with Gasteiger partial charge < -0.3 is 20.4 Å². The third-order valence-corrected chi connectivity index (χ3v) is 5.15. The molecule has 0 saturated carbocycles. The van der Waals surface area contributed by atoms with Crippen molar-refractivity contribution in [3.8, 4) is 0 Å². The lowest BCUT2D eigenvalue weighted by Gasteiger charge is -2.30. The number of nitrogens with zero attached hydrogens (tertiary/aromatic N) is 2. The van der Waals surface area contributed by atoms with Crippen molar-refractivity contribution in [1.29, 1.82) is 0 Å². The van der Waals surface area contributed by atoms with Gasteiger partial charge in [-0.3, -0.25) is 0 Å². The Labute approximate surface area is 158 Å². The SMILES string of the molecule is Cc1ccccc1N1CCNCC1.Cc1ccccc1N1CCNCC1. The van der Waals surface area contributed by atoms with Gasteiger partial charge in [0.2, 0.25) is 0 Å². The van der Waals surface area contributed by atoms with E-state index in [9.17, 15) is 0 Å². The van der Waals surface area contributed by atoms with E-state index in [1.807, 2.05) is 0 Å². The summed E-state index contributed by atoms with van der Waals surface area (Å²) in [6, 6.07) is 17.2. The fourth-order valence-electron chi connectivity index (χ4n) is 3.65. The lowest BCUT2D eigenvalue weighted by Crippen LogP contribution is -2.43. The van der Waals surface area contributed by atoms with Crippen LogP contribution in [0.2, 0.25) is 0 Å². The number of piperazine rings is 2. The highest BCUT2D eigenvalue weighted by Gasteiger charge is 2.12. The predicted octanol–water partition coefficient (Wildman–Crippen LogP) is 2.81. The Morgan fingerprint density at radius 2 is 0.923 bits per heavy atom. The highest BCUT2D eigenvalue weighted by molar-refractivity contribution is 5.54. The van der Waals surface area contributed by atoms with E-state index in [0.717, 1.165) is 52.4 Å². The maximum Gasteiger partial charge on any atom is 0.0396 e. The van der Waals surface area contributed by atoms with Crippen LogP contribution in [0.25, 0.3) is 0 Å². The highest BCUT2D eigenvalue weighted by atomic mass is 15.2. The fourth-order valence-corrected chi connectivity index (χ4v) is 3.65. The van der Waals surface area contributed by atoms with Gasteiger partial charge in [0.1, 0.15) is 0 Å². The number of para-hydroxylation sites is 2. The highest BCUT2D eigenvalue weighted by Crippen LogP contribution is 2.20. The number of aryl methyl sites for hydroxylation is 2. The first-order chi connectivity index (χ1) is 12.8. The summed E-state index contributed by atoms with van der Waals surface area (Å²) in [7, 11) is 0. The van der Waals surface area contributed by atoms with Crippen LogP contribution in [0.15, 0.2) is 48.5 Å². The van der Waals surface area contributed by atoms with Gasteiger partial charge in [0.25, 0.3) is 0 Å². The molecule has 0 amide bonds. The minimum Gasteiger partial charge on any atom is -0.369 e. The van der Waals surface area contributed by atoms with E-state index in [2.05, 4.69) is 82.8 Å². The molecule has 2 fully saturated rings. The van der Waals surface area contributed by atoms with Gasteiger partial charge in [0.15, 0.2) is 0 Å². The van der Waals surface area contributed by atoms with E-state index in [1.54, 1.807) is 0 Å². The van der Waals surface area contributed by atoms with Crippen LogP contribution in [-0.4, -0.2) is 52.4 Å². The number of benzene rings is 2. The summed E-state index contributed by atoms with van der Waals surface area (Å²) in [5.41, 5.74) is 5.54. The molecule has 2 N–H and O–H groups in total. The van der Waals surface area contributed by atoms with Gasteiger partial charge in [-0.25, -0.2) is 0 Å². The van der Waals surface area contributed by atoms with Crippen LogP contribution < -0.4 is 20.4 Å². The first kappa shape index (κ1) is 18.7. The summed E-state index contributed by atoms with van der Waals surface area (Å²) in [6.07, 6.45) is 0. The predicted molar refractivity (Wildman–Crippen MR) is 113 cm³/mol. The maximum absolute atomic E-state index is 3.36. The maximum atomic E-state index is 3.36. The largest absolute Gasteiger partial charge is 0.369 e. The first-order valence-corrected chi connectivity index (χ1v) is 9.78. The average molecular weight is 353 g/mol. The second kappa shape index (κ2) is 9.60. The molecule has 0 aliphatic carbocycles. The normalized spacial score (nSPS) is 17.5. The zero-order valence-corrected chi connectivity index (χ0v) is 16.2. The first-order valence-electron chi connectivity index (χ1n) is 9.78. The topological polar surface area (TPSA) is 30.5 Å². The van der Waals surface area contributed by atoms with E-state index in [-0.39, 0.29) is 0 Å². The average Bonchev–Trinajstić information content (AvgIpc) is 2.71. The van der Waals surface area contributed by atoms with Gasteiger partial charge >= 0.3 is 0 Å². The Balaban J connectivity index is 0.000000151. The molecule has 2 aliphatic rings. The van der Waals surface area contributed by atoms with Crippen LogP contribution in [0.3, 0.4) is 0 Å². The summed E-state index contributed by atoms with van der Waals surface area (Å²) >= 11 is 0. The van der Waals surface area contributed by atoms with Gasteiger partial charge in [0.05, 0.1) is 0 Å². The van der Waals surface area contributed by atoms with E-state index >= 15 is 0 Å². The minimum absolute atomic E-state index is 1.11. The molecular formula is C22H32N4. The monoisotopic (exact) mass is 352 g/mol. The number of hydrogen-bond donors (Lipinski definition) is 2. The molecule has 0 bridgehead atoms. The smallest absolute Gasteiger partial charge is 0.0396 e. The summed E-state index contributed by atoms with van der Waals surface area (Å²) in [5, 5.41) is 6.72. The molecule has 0 radical (unpaired) electrons. The van der Waals surface area contributed by atoms with Gasteiger partial charge in [-0.2, -0.15) is 0 Å². The van der Waals surface area contributed by atoms with Crippen LogP contribution in [0, 0.1) is 13.8 Å². The molecule has 4 nitrogen and oxygen atoms in total. The van der Waals surface area contributed by atoms with Gasteiger partial charge in [0, 0.05) is 63.7 Å². The fraction of sp³-hybridized carbons (Fsp3) is 0.455.